The first-order chi connectivity index (χ1) is 7.22. The second kappa shape index (κ2) is 4.41. The normalized spacial score (nSPS) is 10.6. The molecule has 0 fully saturated rings. The smallest absolute Gasteiger partial charge is 0.169 e. The number of halogens is 1. The van der Waals surface area contributed by atoms with E-state index in [-0.39, 0.29) is 0 Å². The molecule has 0 aromatic carbocycles. The highest BCUT2D eigenvalue weighted by Gasteiger charge is 2.08. The van der Waals surface area contributed by atoms with Gasteiger partial charge in [-0.05, 0) is 36.4 Å². The van der Waals surface area contributed by atoms with Crippen LogP contribution in [-0.2, 0) is 5.33 Å². The zero-order chi connectivity index (χ0) is 10.8. The largest absolute Gasteiger partial charge is 0.236 e. The van der Waals surface area contributed by atoms with Crippen LogP contribution < -0.4 is 0 Å². The van der Waals surface area contributed by atoms with Gasteiger partial charge in [0.25, 0.3) is 0 Å². The van der Waals surface area contributed by atoms with Crippen LogP contribution in [0.1, 0.15) is 16.8 Å². The van der Waals surface area contributed by atoms with E-state index in [1.54, 1.807) is 11.3 Å². The van der Waals surface area contributed by atoms with Gasteiger partial charge in [0.05, 0.1) is 10.6 Å². The lowest BCUT2D eigenvalue weighted by Gasteiger charge is -2.03. The highest BCUT2D eigenvalue weighted by molar-refractivity contribution is 9.08. The molecule has 0 bridgehead atoms. The van der Waals surface area contributed by atoms with E-state index in [0.717, 1.165) is 27.3 Å². The molecule has 0 N–H and O–H groups in total. The molecule has 0 spiro atoms. The summed E-state index contributed by atoms with van der Waals surface area (Å²) in [5.74, 6) is 0.836. The van der Waals surface area contributed by atoms with Crippen molar-refractivity contribution in [3.8, 4) is 10.7 Å². The predicted octanol–water partition coefficient (Wildman–Crippen LogP) is 3.72. The van der Waals surface area contributed by atoms with Crippen molar-refractivity contribution >= 4 is 27.3 Å². The van der Waals surface area contributed by atoms with Crippen LogP contribution in [0, 0.1) is 13.8 Å². The van der Waals surface area contributed by atoms with E-state index in [1.165, 1.54) is 5.56 Å². The van der Waals surface area contributed by atoms with Crippen LogP contribution in [0.15, 0.2) is 17.6 Å². The molecule has 0 amide bonds. The van der Waals surface area contributed by atoms with E-state index in [0.29, 0.717) is 0 Å². The van der Waals surface area contributed by atoms with Crippen molar-refractivity contribution < 1.29 is 0 Å². The van der Waals surface area contributed by atoms with Gasteiger partial charge in [-0.15, -0.1) is 11.3 Å². The van der Waals surface area contributed by atoms with E-state index in [4.69, 9.17) is 0 Å². The molecular formula is C11H11BrN2S. The average molecular weight is 283 g/mol. The van der Waals surface area contributed by atoms with E-state index < -0.39 is 0 Å². The third kappa shape index (κ3) is 2.11. The molecule has 2 aromatic rings. The standard InChI is InChI=1S/C11H11BrN2S/c1-7-3-4-15-10(7)11-13-6-8(2)9(5-12)14-11/h3-4,6H,5H2,1-2H3. The number of hydrogen-bond donors (Lipinski definition) is 0. The fourth-order valence-electron chi connectivity index (χ4n) is 1.32. The molecule has 0 aliphatic heterocycles. The van der Waals surface area contributed by atoms with Gasteiger partial charge in [-0.2, -0.15) is 0 Å². The lowest BCUT2D eigenvalue weighted by molar-refractivity contribution is 1.06. The number of alkyl halides is 1. The number of hydrogen-bond acceptors (Lipinski definition) is 3. The zero-order valence-electron chi connectivity index (χ0n) is 8.62. The van der Waals surface area contributed by atoms with Crippen LogP contribution in [-0.4, -0.2) is 9.97 Å². The summed E-state index contributed by atoms with van der Waals surface area (Å²) >= 11 is 5.12. The minimum absolute atomic E-state index is 0.777. The molecule has 2 nitrogen and oxygen atoms in total. The van der Waals surface area contributed by atoms with Crippen LogP contribution in [0.5, 0.6) is 0 Å². The molecule has 0 atom stereocenters. The van der Waals surface area contributed by atoms with Crippen LogP contribution in [0.2, 0.25) is 0 Å². The molecule has 0 saturated carbocycles. The monoisotopic (exact) mass is 282 g/mol. The molecule has 15 heavy (non-hydrogen) atoms. The summed E-state index contributed by atoms with van der Waals surface area (Å²) in [5.41, 5.74) is 3.43. The van der Waals surface area contributed by atoms with Gasteiger partial charge in [0, 0.05) is 11.5 Å². The Morgan fingerprint density at radius 2 is 2.13 bits per heavy atom. The maximum absolute atomic E-state index is 4.55. The van der Waals surface area contributed by atoms with Gasteiger partial charge in [0.15, 0.2) is 5.82 Å². The second-order valence-electron chi connectivity index (χ2n) is 3.39. The highest BCUT2D eigenvalue weighted by atomic mass is 79.9. The fourth-order valence-corrected chi connectivity index (χ4v) is 2.76. The van der Waals surface area contributed by atoms with Gasteiger partial charge in [0.1, 0.15) is 0 Å². The summed E-state index contributed by atoms with van der Waals surface area (Å²) in [5, 5.41) is 2.85. The van der Waals surface area contributed by atoms with E-state index in [2.05, 4.69) is 44.3 Å². The number of thiophene rings is 1. The molecule has 2 aromatic heterocycles. The van der Waals surface area contributed by atoms with Crippen LogP contribution in [0.4, 0.5) is 0 Å². The number of aromatic nitrogens is 2. The molecule has 2 rings (SSSR count). The van der Waals surface area contributed by atoms with Gasteiger partial charge >= 0.3 is 0 Å². The Bertz CT molecular complexity index is 479. The summed E-state index contributed by atoms with van der Waals surface area (Å²) in [7, 11) is 0. The minimum Gasteiger partial charge on any atom is -0.236 e. The van der Waals surface area contributed by atoms with Gasteiger partial charge in [-0.25, -0.2) is 9.97 Å². The van der Waals surface area contributed by atoms with Crippen LogP contribution >= 0.6 is 27.3 Å². The SMILES string of the molecule is Cc1cnc(-c2sccc2C)nc1CBr. The van der Waals surface area contributed by atoms with E-state index in [1.807, 2.05) is 13.1 Å². The third-order valence-corrected chi connectivity index (χ3v) is 3.81. The fraction of sp³-hybridized carbons (Fsp3) is 0.273. The summed E-state index contributed by atoms with van der Waals surface area (Å²) in [6.45, 7) is 4.12. The van der Waals surface area contributed by atoms with Gasteiger partial charge in [-0.3, -0.25) is 0 Å². The quantitative estimate of drug-likeness (QED) is 0.785. The summed E-state index contributed by atoms with van der Waals surface area (Å²) in [4.78, 5) is 10.1. The second-order valence-corrected chi connectivity index (χ2v) is 4.87. The molecule has 0 aliphatic rings. The molecule has 78 valence electrons. The molecular weight excluding hydrogens is 272 g/mol. The predicted molar refractivity (Wildman–Crippen MR) is 67.5 cm³/mol. The lowest BCUT2D eigenvalue weighted by atomic mass is 10.2. The molecule has 4 heteroatoms. The number of rotatable bonds is 2. The first-order valence-corrected chi connectivity index (χ1v) is 6.65. The lowest BCUT2D eigenvalue weighted by Crippen LogP contribution is -1.96. The van der Waals surface area contributed by atoms with Gasteiger partial charge in [0.2, 0.25) is 0 Å². The first kappa shape index (κ1) is 10.8. The van der Waals surface area contributed by atoms with Gasteiger partial charge < -0.3 is 0 Å². The number of aryl methyl sites for hydroxylation is 2. The third-order valence-electron chi connectivity index (χ3n) is 2.27. The Hall–Kier alpha value is -0.740. The maximum atomic E-state index is 4.55. The van der Waals surface area contributed by atoms with Gasteiger partial charge in [-0.1, -0.05) is 15.9 Å². The molecule has 2 heterocycles. The van der Waals surface area contributed by atoms with Crippen molar-refractivity contribution in [2.24, 2.45) is 0 Å². The Morgan fingerprint density at radius 1 is 1.33 bits per heavy atom. The van der Waals surface area contributed by atoms with Crippen molar-refractivity contribution in [3.63, 3.8) is 0 Å². The Balaban J connectivity index is 2.51. The highest BCUT2D eigenvalue weighted by Crippen LogP contribution is 2.26. The Morgan fingerprint density at radius 3 is 2.73 bits per heavy atom. The minimum atomic E-state index is 0.777. The Labute approximate surface area is 102 Å². The zero-order valence-corrected chi connectivity index (χ0v) is 11.0. The van der Waals surface area contributed by atoms with Crippen molar-refractivity contribution in [1.29, 1.82) is 0 Å². The van der Waals surface area contributed by atoms with Crippen molar-refractivity contribution in [3.05, 3.63) is 34.5 Å². The number of nitrogens with zero attached hydrogens (tertiary/aromatic N) is 2. The molecule has 0 aliphatic carbocycles. The molecule has 0 unspecified atom stereocenters. The maximum Gasteiger partial charge on any atom is 0.169 e. The van der Waals surface area contributed by atoms with E-state index >= 15 is 0 Å². The molecule has 0 saturated heterocycles. The summed E-state index contributed by atoms with van der Waals surface area (Å²) in [6.07, 6.45) is 1.89. The van der Waals surface area contributed by atoms with Crippen molar-refractivity contribution in [2.75, 3.05) is 0 Å². The Kier molecular flexibility index (Phi) is 3.17. The van der Waals surface area contributed by atoms with Crippen molar-refractivity contribution in [1.82, 2.24) is 9.97 Å². The van der Waals surface area contributed by atoms with Crippen LogP contribution in [0.25, 0.3) is 10.7 Å². The van der Waals surface area contributed by atoms with Crippen molar-refractivity contribution in [2.45, 2.75) is 19.2 Å². The summed E-state index contributed by atoms with van der Waals surface area (Å²) in [6, 6.07) is 2.09. The summed E-state index contributed by atoms with van der Waals surface area (Å²) < 4.78 is 0. The average Bonchev–Trinajstić information content (AvgIpc) is 2.65. The van der Waals surface area contributed by atoms with Crippen LogP contribution in [0.3, 0.4) is 0 Å². The first-order valence-electron chi connectivity index (χ1n) is 4.65. The van der Waals surface area contributed by atoms with E-state index in [9.17, 15) is 0 Å². The molecule has 0 radical (unpaired) electrons. The topological polar surface area (TPSA) is 25.8 Å².